The van der Waals surface area contributed by atoms with Crippen molar-refractivity contribution in [1.29, 1.82) is 0 Å². The molecule has 34 heavy (non-hydrogen) atoms. The third kappa shape index (κ3) is 3.18. The molecule has 3 aromatic carbocycles. The highest BCUT2D eigenvalue weighted by atomic mass is 16.3. The van der Waals surface area contributed by atoms with Crippen molar-refractivity contribution in [2.45, 2.75) is 26.4 Å². The monoisotopic (exact) mass is 449 g/mol. The Balaban J connectivity index is 1.29. The van der Waals surface area contributed by atoms with Gasteiger partial charge in [-0.25, -0.2) is 0 Å². The zero-order chi connectivity index (χ0) is 23.2. The van der Waals surface area contributed by atoms with Crippen LogP contribution in [0.15, 0.2) is 83.5 Å². The normalized spacial score (nSPS) is 13.1. The van der Waals surface area contributed by atoms with Gasteiger partial charge in [0.15, 0.2) is 5.76 Å². The van der Waals surface area contributed by atoms with Gasteiger partial charge in [0.1, 0.15) is 0 Å². The highest BCUT2D eigenvalue weighted by Gasteiger charge is 2.29. The first kappa shape index (κ1) is 20.3. The lowest BCUT2D eigenvalue weighted by Crippen LogP contribution is -2.27. The Bertz CT molecular complexity index is 1580. The second-order valence-electron chi connectivity index (χ2n) is 8.51. The number of hydrogen-bond donors (Lipinski definition) is 1. The van der Waals surface area contributed by atoms with E-state index in [9.17, 15) is 9.59 Å². The van der Waals surface area contributed by atoms with E-state index in [2.05, 4.69) is 28.9 Å². The van der Waals surface area contributed by atoms with Crippen LogP contribution in [0.5, 0.6) is 0 Å². The predicted molar refractivity (Wildman–Crippen MR) is 133 cm³/mol. The molecule has 0 saturated carbocycles. The van der Waals surface area contributed by atoms with E-state index in [0.717, 1.165) is 34.1 Å². The molecule has 168 valence electrons. The molecule has 0 atom stereocenters. The van der Waals surface area contributed by atoms with Crippen LogP contribution in [0.25, 0.3) is 21.8 Å². The van der Waals surface area contributed by atoms with E-state index in [1.54, 1.807) is 11.0 Å². The molecular weight excluding hydrogens is 426 g/mol. The molecule has 6 rings (SSSR count). The van der Waals surface area contributed by atoms with Crippen LogP contribution in [0.2, 0.25) is 0 Å². The van der Waals surface area contributed by atoms with Crippen molar-refractivity contribution in [3.63, 3.8) is 0 Å². The average Bonchev–Trinajstić information content (AvgIpc) is 3.53. The first-order chi connectivity index (χ1) is 16.6. The highest BCUT2D eigenvalue weighted by Crippen LogP contribution is 2.32. The Labute approximate surface area is 196 Å². The van der Waals surface area contributed by atoms with Crippen LogP contribution in [-0.2, 0) is 24.3 Å². The molecule has 0 spiro atoms. The number of para-hydroxylation sites is 2. The molecule has 6 nitrogen and oxygen atoms in total. The summed E-state index contributed by atoms with van der Waals surface area (Å²) in [7, 11) is 0. The number of benzene rings is 3. The Kier molecular flexibility index (Phi) is 4.73. The van der Waals surface area contributed by atoms with Crippen LogP contribution in [0, 0.1) is 0 Å². The molecule has 0 saturated heterocycles. The molecular formula is C28H23N3O3. The molecule has 2 amide bonds. The van der Waals surface area contributed by atoms with Gasteiger partial charge in [0.2, 0.25) is 5.91 Å². The fourth-order valence-electron chi connectivity index (χ4n) is 4.98. The number of furan rings is 1. The third-order valence-electron chi connectivity index (χ3n) is 6.55. The van der Waals surface area contributed by atoms with Gasteiger partial charge in [-0.05, 0) is 48.9 Å². The van der Waals surface area contributed by atoms with Crippen molar-refractivity contribution in [3.05, 3.63) is 95.9 Å². The summed E-state index contributed by atoms with van der Waals surface area (Å²) in [6, 6.07) is 23.7. The number of anilines is 2. The highest BCUT2D eigenvalue weighted by molar-refractivity contribution is 6.11. The van der Waals surface area contributed by atoms with E-state index >= 15 is 0 Å². The van der Waals surface area contributed by atoms with Crippen LogP contribution in [0.4, 0.5) is 11.4 Å². The predicted octanol–water partition coefficient (Wildman–Crippen LogP) is 5.75. The average molecular weight is 450 g/mol. The van der Waals surface area contributed by atoms with Gasteiger partial charge in [0, 0.05) is 45.3 Å². The van der Waals surface area contributed by atoms with Crippen molar-refractivity contribution in [1.82, 2.24) is 4.57 Å². The van der Waals surface area contributed by atoms with Crippen LogP contribution >= 0.6 is 0 Å². The molecule has 1 N–H and O–H groups in total. The zero-order valence-corrected chi connectivity index (χ0v) is 18.7. The summed E-state index contributed by atoms with van der Waals surface area (Å²) in [4.78, 5) is 27.4. The molecule has 1 aliphatic heterocycles. The number of amides is 2. The number of hydrogen-bond acceptors (Lipinski definition) is 3. The molecule has 0 bridgehead atoms. The topological polar surface area (TPSA) is 67.5 Å². The molecule has 3 heterocycles. The largest absolute Gasteiger partial charge is 0.459 e. The van der Waals surface area contributed by atoms with Gasteiger partial charge in [-0.3, -0.25) is 9.59 Å². The Morgan fingerprint density at radius 2 is 1.76 bits per heavy atom. The maximum Gasteiger partial charge on any atom is 0.291 e. The summed E-state index contributed by atoms with van der Waals surface area (Å²) < 4.78 is 7.83. The van der Waals surface area contributed by atoms with E-state index in [-0.39, 0.29) is 24.1 Å². The molecule has 0 unspecified atom stereocenters. The molecule has 0 aliphatic carbocycles. The van der Waals surface area contributed by atoms with Crippen LogP contribution in [-0.4, -0.2) is 16.4 Å². The summed E-state index contributed by atoms with van der Waals surface area (Å²) in [5, 5.41) is 5.22. The quantitative estimate of drug-likeness (QED) is 0.372. The molecule has 6 heteroatoms. The van der Waals surface area contributed by atoms with Crippen molar-refractivity contribution >= 4 is 45.0 Å². The first-order valence-corrected chi connectivity index (χ1v) is 11.4. The van der Waals surface area contributed by atoms with Gasteiger partial charge >= 0.3 is 0 Å². The molecule has 0 fully saturated rings. The SMILES string of the molecule is CCn1c2ccccc2c2cc(NC(=O)c3occc3CN3C(=O)Cc4ccccc43)ccc21. The second kappa shape index (κ2) is 7.92. The second-order valence-corrected chi connectivity index (χ2v) is 8.51. The smallest absolute Gasteiger partial charge is 0.291 e. The summed E-state index contributed by atoms with van der Waals surface area (Å²) in [6.45, 7) is 3.28. The fraction of sp³-hybridized carbons (Fsp3) is 0.143. The molecule has 5 aromatic rings. The number of rotatable bonds is 5. The minimum absolute atomic E-state index is 0.0199. The number of carbonyl (C=O) groups excluding carboxylic acids is 2. The van der Waals surface area contributed by atoms with Crippen LogP contribution in [0.3, 0.4) is 0 Å². The lowest BCUT2D eigenvalue weighted by Gasteiger charge is -2.17. The number of nitrogens with zero attached hydrogens (tertiary/aromatic N) is 2. The van der Waals surface area contributed by atoms with Crippen molar-refractivity contribution in [2.75, 3.05) is 10.2 Å². The minimum Gasteiger partial charge on any atom is -0.459 e. The first-order valence-electron chi connectivity index (χ1n) is 11.4. The number of fused-ring (bicyclic) bond motifs is 4. The maximum absolute atomic E-state index is 13.1. The standard InChI is InChI=1S/C28H23N3O3/c1-2-30-24-10-6-4-8-21(24)22-16-20(11-12-25(22)30)29-28(33)27-19(13-14-34-27)17-31-23-9-5-3-7-18(23)15-26(31)32/h3-14,16H,2,15,17H2,1H3,(H,29,33). The number of aryl methyl sites for hydroxylation is 1. The summed E-state index contributed by atoms with van der Waals surface area (Å²) in [5.41, 5.74) is 5.56. The van der Waals surface area contributed by atoms with E-state index in [1.165, 1.54) is 11.8 Å². The third-order valence-corrected chi connectivity index (χ3v) is 6.55. The van der Waals surface area contributed by atoms with Crippen molar-refractivity contribution in [2.24, 2.45) is 0 Å². The van der Waals surface area contributed by atoms with E-state index in [4.69, 9.17) is 4.42 Å². The van der Waals surface area contributed by atoms with Crippen LogP contribution < -0.4 is 10.2 Å². The van der Waals surface area contributed by atoms with E-state index < -0.39 is 0 Å². The van der Waals surface area contributed by atoms with Gasteiger partial charge < -0.3 is 19.2 Å². The summed E-state index contributed by atoms with van der Waals surface area (Å²) in [5.74, 6) is -0.0988. The van der Waals surface area contributed by atoms with Gasteiger partial charge in [0.05, 0.1) is 19.2 Å². The Morgan fingerprint density at radius 3 is 2.65 bits per heavy atom. The Hall–Kier alpha value is -4.32. The van der Waals surface area contributed by atoms with E-state index in [0.29, 0.717) is 17.7 Å². The minimum atomic E-state index is -0.335. The van der Waals surface area contributed by atoms with Gasteiger partial charge in [-0.2, -0.15) is 0 Å². The van der Waals surface area contributed by atoms with Crippen molar-refractivity contribution in [3.8, 4) is 0 Å². The number of nitrogens with one attached hydrogen (secondary N) is 1. The van der Waals surface area contributed by atoms with E-state index in [1.807, 2.05) is 54.6 Å². The lowest BCUT2D eigenvalue weighted by atomic mass is 10.1. The number of aromatic nitrogens is 1. The van der Waals surface area contributed by atoms with Gasteiger partial charge in [-0.1, -0.05) is 36.4 Å². The lowest BCUT2D eigenvalue weighted by molar-refractivity contribution is -0.117. The Morgan fingerprint density at radius 1 is 0.971 bits per heavy atom. The van der Waals surface area contributed by atoms with Gasteiger partial charge in [0.25, 0.3) is 5.91 Å². The summed E-state index contributed by atoms with van der Waals surface area (Å²) >= 11 is 0. The molecule has 1 aliphatic rings. The number of carbonyl (C=O) groups is 2. The maximum atomic E-state index is 13.1. The summed E-state index contributed by atoms with van der Waals surface area (Å²) in [6.07, 6.45) is 1.87. The van der Waals surface area contributed by atoms with Crippen molar-refractivity contribution < 1.29 is 14.0 Å². The molecule has 0 radical (unpaired) electrons. The zero-order valence-electron chi connectivity index (χ0n) is 18.7. The van der Waals surface area contributed by atoms with Crippen LogP contribution in [0.1, 0.15) is 28.6 Å². The van der Waals surface area contributed by atoms with Gasteiger partial charge in [-0.15, -0.1) is 0 Å². The molecule has 2 aromatic heterocycles. The fourth-order valence-corrected chi connectivity index (χ4v) is 4.98.